The molecule has 17 heavy (non-hydrogen) atoms. The van der Waals surface area contributed by atoms with Gasteiger partial charge in [0, 0.05) is 0 Å². The van der Waals surface area contributed by atoms with Gasteiger partial charge in [-0.1, -0.05) is 39.5 Å². The van der Waals surface area contributed by atoms with E-state index < -0.39 is 5.92 Å². The fourth-order valence-corrected chi connectivity index (χ4v) is 2.31. The van der Waals surface area contributed by atoms with Crippen molar-refractivity contribution in [1.29, 1.82) is 0 Å². The van der Waals surface area contributed by atoms with E-state index in [0.717, 1.165) is 19.3 Å². The highest BCUT2D eigenvalue weighted by atomic mass is 32.1. The first-order valence-electron chi connectivity index (χ1n) is 6.22. The molecule has 1 rings (SSSR count). The molecular weight excluding hydrogens is 236 g/mol. The van der Waals surface area contributed by atoms with Crippen molar-refractivity contribution in [3.63, 3.8) is 0 Å². The quantitative estimate of drug-likeness (QED) is 0.432. The summed E-state index contributed by atoms with van der Waals surface area (Å²) in [5, 5.41) is 5.13. The van der Waals surface area contributed by atoms with E-state index in [1.54, 1.807) is 0 Å². The summed E-state index contributed by atoms with van der Waals surface area (Å²) in [6, 6.07) is 0. The van der Waals surface area contributed by atoms with Crippen molar-refractivity contribution in [3.05, 3.63) is 0 Å². The molecule has 4 nitrogen and oxygen atoms in total. The van der Waals surface area contributed by atoms with Crippen LogP contribution < -0.4 is 10.6 Å². The third-order valence-electron chi connectivity index (χ3n) is 3.12. The highest BCUT2D eigenvalue weighted by molar-refractivity contribution is 7.80. The molecule has 0 aliphatic carbocycles. The van der Waals surface area contributed by atoms with Gasteiger partial charge in [-0.2, -0.15) is 0 Å². The van der Waals surface area contributed by atoms with Gasteiger partial charge in [-0.05, 0) is 24.6 Å². The van der Waals surface area contributed by atoms with Crippen molar-refractivity contribution in [2.75, 3.05) is 0 Å². The lowest BCUT2D eigenvalue weighted by Gasteiger charge is -2.26. The fraction of sp³-hybridized carbons (Fsp3) is 0.750. The molecule has 0 radical (unpaired) electrons. The second-order valence-electron chi connectivity index (χ2n) is 4.61. The van der Waals surface area contributed by atoms with E-state index in [4.69, 9.17) is 12.2 Å². The fourth-order valence-electron chi connectivity index (χ4n) is 2.11. The molecule has 2 N–H and O–H groups in total. The Labute approximate surface area is 108 Å². The maximum Gasteiger partial charge on any atom is 0.238 e. The van der Waals surface area contributed by atoms with E-state index in [1.165, 1.54) is 12.8 Å². The van der Waals surface area contributed by atoms with Crippen LogP contribution in [0.3, 0.4) is 0 Å². The maximum atomic E-state index is 11.7. The minimum atomic E-state index is -0.594. The van der Waals surface area contributed by atoms with Gasteiger partial charge in [-0.15, -0.1) is 0 Å². The Morgan fingerprint density at radius 3 is 2.29 bits per heavy atom. The zero-order chi connectivity index (χ0) is 12.8. The lowest BCUT2D eigenvalue weighted by molar-refractivity contribution is -0.137. The Hall–Kier alpha value is -0.970. The van der Waals surface area contributed by atoms with E-state index in [1.807, 2.05) is 6.92 Å². The number of hydrogen-bond donors (Lipinski definition) is 2. The Bertz CT molecular complexity index is 298. The molecule has 0 bridgehead atoms. The first-order chi connectivity index (χ1) is 8.06. The average molecular weight is 256 g/mol. The highest BCUT2D eigenvalue weighted by Gasteiger charge is 2.36. The Balaban J connectivity index is 2.44. The molecule has 0 aromatic rings. The molecule has 2 amide bonds. The first kappa shape index (κ1) is 14.1. The number of rotatable bonds is 6. The maximum absolute atomic E-state index is 11.7. The molecule has 1 saturated heterocycles. The summed E-state index contributed by atoms with van der Waals surface area (Å²) in [6.07, 6.45) is 5.52. The van der Waals surface area contributed by atoms with Gasteiger partial charge in [-0.3, -0.25) is 9.59 Å². The van der Waals surface area contributed by atoms with Crippen molar-refractivity contribution >= 4 is 29.1 Å². The molecule has 0 saturated carbocycles. The van der Waals surface area contributed by atoms with E-state index in [2.05, 4.69) is 17.6 Å². The van der Waals surface area contributed by atoms with Crippen molar-refractivity contribution in [3.8, 4) is 0 Å². The van der Waals surface area contributed by atoms with Crippen molar-refractivity contribution in [2.24, 2.45) is 11.8 Å². The normalized spacial score (nSPS) is 18.8. The van der Waals surface area contributed by atoms with Gasteiger partial charge in [0.05, 0.1) is 0 Å². The molecule has 0 aromatic carbocycles. The predicted molar refractivity (Wildman–Crippen MR) is 70.3 cm³/mol. The lowest BCUT2D eigenvalue weighted by atomic mass is 9.87. The Morgan fingerprint density at radius 1 is 1.18 bits per heavy atom. The molecule has 1 fully saturated rings. The van der Waals surface area contributed by atoms with E-state index in [9.17, 15) is 9.59 Å². The van der Waals surface area contributed by atoms with Gasteiger partial charge < -0.3 is 10.6 Å². The molecule has 0 aromatic heterocycles. The van der Waals surface area contributed by atoms with Crippen LogP contribution in [0.2, 0.25) is 0 Å². The Kier molecular flexibility index (Phi) is 5.55. The third-order valence-corrected chi connectivity index (χ3v) is 3.32. The summed E-state index contributed by atoms with van der Waals surface area (Å²) in [5.74, 6) is -1.05. The Morgan fingerprint density at radius 2 is 1.76 bits per heavy atom. The van der Waals surface area contributed by atoms with Crippen LogP contribution in [0.4, 0.5) is 0 Å². The number of unbranched alkanes of at least 4 members (excludes halogenated alkanes) is 3. The van der Waals surface area contributed by atoms with E-state index in [-0.39, 0.29) is 22.8 Å². The minimum absolute atomic E-state index is 0.0648. The topological polar surface area (TPSA) is 58.2 Å². The predicted octanol–water partition coefficient (Wildman–Crippen LogP) is 1.74. The van der Waals surface area contributed by atoms with Crippen molar-refractivity contribution in [2.45, 2.75) is 46.0 Å². The second kappa shape index (κ2) is 6.69. The summed E-state index contributed by atoms with van der Waals surface area (Å²) in [5.41, 5.74) is 0. The summed E-state index contributed by atoms with van der Waals surface area (Å²) in [6.45, 7) is 4.11. The van der Waals surface area contributed by atoms with Gasteiger partial charge in [0.25, 0.3) is 0 Å². The molecule has 1 aliphatic heterocycles. The van der Waals surface area contributed by atoms with Crippen LogP contribution in [0.1, 0.15) is 46.0 Å². The third kappa shape index (κ3) is 4.07. The van der Waals surface area contributed by atoms with Crippen molar-refractivity contribution < 1.29 is 9.59 Å². The summed E-state index contributed by atoms with van der Waals surface area (Å²) in [4.78, 5) is 23.4. The minimum Gasteiger partial charge on any atom is -0.302 e. The SMILES string of the molecule is CCCCCC[C@@H](C)C1C(=O)NC(=S)NC1=O. The molecule has 96 valence electrons. The molecule has 1 atom stereocenters. The van der Waals surface area contributed by atoms with Gasteiger partial charge in [0.15, 0.2) is 5.11 Å². The molecule has 0 spiro atoms. The van der Waals surface area contributed by atoms with Crippen LogP contribution in [0, 0.1) is 11.8 Å². The number of amides is 2. The van der Waals surface area contributed by atoms with Crippen LogP contribution in [0.15, 0.2) is 0 Å². The molecule has 1 aliphatic rings. The van der Waals surface area contributed by atoms with E-state index in [0.29, 0.717) is 0 Å². The van der Waals surface area contributed by atoms with E-state index >= 15 is 0 Å². The smallest absolute Gasteiger partial charge is 0.238 e. The van der Waals surface area contributed by atoms with Gasteiger partial charge >= 0.3 is 0 Å². The largest absolute Gasteiger partial charge is 0.302 e. The highest BCUT2D eigenvalue weighted by Crippen LogP contribution is 2.21. The van der Waals surface area contributed by atoms with Crippen molar-refractivity contribution in [1.82, 2.24) is 10.6 Å². The second-order valence-corrected chi connectivity index (χ2v) is 5.02. The number of thiocarbonyl (C=S) groups is 1. The van der Waals surface area contributed by atoms with Crippen LogP contribution in [0.5, 0.6) is 0 Å². The van der Waals surface area contributed by atoms with Crippen LogP contribution in [0.25, 0.3) is 0 Å². The molecule has 1 heterocycles. The summed E-state index contributed by atoms with van der Waals surface area (Å²) >= 11 is 4.76. The summed E-state index contributed by atoms with van der Waals surface area (Å²) in [7, 11) is 0. The number of carbonyl (C=O) groups is 2. The zero-order valence-electron chi connectivity index (χ0n) is 10.4. The number of hydrogen-bond acceptors (Lipinski definition) is 3. The van der Waals surface area contributed by atoms with Gasteiger partial charge in [0.1, 0.15) is 5.92 Å². The zero-order valence-corrected chi connectivity index (χ0v) is 11.2. The first-order valence-corrected chi connectivity index (χ1v) is 6.62. The number of carbonyl (C=O) groups excluding carboxylic acids is 2. The van der Waals surface area contributed by atoms with Gasteiger partial charge in [-0.25, -0.2) is 0 Å². The summed E-state index contributed by atoms with van der Waals surface area (Å²) < 4.78 is 0. The average Bonchev–Trinajstić information content (AvgIpc) is 2.23. The molecule has 0 unspecified atom stereocenters. The van der Waals surface area contributed by atoms with Gasteiger partial charge in [0.2, 0.25) is 11.8 Å². The van der Waals surface area contributed by atoms with Crippen LogP contribution in [-0.4, -0.2) is 16.9 Å². The molecule has 5 heteroatoms. The van der Waals surface area contributed by atoms with Crippen LogP contribution >= 0.6 is 12.2 Å². The number of nitrogens with one attached hydrogen (secondary N) is 2. The van der Waals surface area contributed by atoms with Crippen LogP contribution in [-0.2, 0) is 9.59 Å². The molecular formula is C12H20N2O2S. The lowest BCUT2D eigenvalue weighted by Crippen LogP contribution is -2.57. The monoisotopic (exact) mass is 256 g/mol. The standard InChI is InChI=1S/C12H20N2O2S/c1-3-4-5-6-7-8(2)9-10(15)13-12(17)14-11(9)16/h8-9H,3-7H2,1-2H3,(H2,13,14,15,16,17)/t8-/m1/s1.